The number of aryl methyl sites for hydroxylation is 2. The molecule has 0 aliphatic rings. The largest absolute Gasteiger partial charge is 0.492 e. The third-order valence-corrected chi connectivity index (χ3v) is 5.09. The lowest BCUT2D eigenvalue weighted by Crippen LogP contribution is -2.28. The minimum atomic E-state index is -0.128. The van der Waals surface area contributed by atoms with Gasteiger partial charge in [0.2, 0.25) is 10.8 Å². The van der Waals surface area contributed by atoms with Gasteiger partial charge in [-0.25, -0.2) is 4.98 Å². The number of rotatable bonds is 6. The normalized spacial score (nSPS) is 13.3. The highest BCUT2D eigenvalue weighted by atomic mass is 32.1. The van der Waals surface area contributed by atoms with Crippen molar-refractivity contribution in [3.63, 3.8) is 0 Å². The molecule has 0 spiro atoms. The van der Waals surface area contributed by atoms with Crippen molar-refractivity contribution in [2.24, 2.45) is 0 Å². The molecule has 3 heterocycles. The van der Waals surface area contributed by atoms with Crippen molar-refractivity contribution in [1.82, 2.24) is 19.5 Å². The molecule has 7 heteroatoms. The van der Waals surface area contributed by atoms with E-state index >= 15 is 0 Å². The van der Waals surface area contributed by atoms with Gasteiger partial charge in [0.1, 0.15) is 17.6 Å². The number of aromatic nitrogens is 3. The molecule has 0 aliphatic carbocycles. The van der Waals surface area contributed by atoms with E-state index < -0.39 is 0 Å². The summed E-state index contributed by atoms with van der Waals surface area (Å²) in [6.07, 6.45) is 0.750. The van der Waals surface area contributed by atoms with Gasteiger partial charge in [-0.2, -0.15) is 4.52 Å². The Kier molecular flexibility index (Phi) is 4.41. The monoisotopic (exact) mass is 334 g/mol. The molecule has 124 valence electrons. The van der Waals surface area contributed by atoms with Gasteiger partial charge in [-0.1, -0.05) is 32.1 Å². The zero-order valence-electron chi connectivity index (χ0n) is 13.9. The summed E-state index contributed by atoms with van der Waals surface area (Å²) in [5.41, 5.74) is 0. The van der Waals surface area contributed by atoms with E-state index in [-0.39, 0.29) is 11.9 Å². The van der Waals surface area contributed by atoms with Gasteiger partial charge < -0.3 is 9.52 Å². The second-order valence-electron chi connectivity index (χ2n) is 5.44. The molecule has 1 N–H and O–H groups in total. The third kappa shape index (κ3) is 2.74. The molecule has 3 aromatic heterocycles. The minimum absolute atomic E-state index is 0.128. The highest BCUT2D eigenvalue weighted by Gasteiger charge is 2.30. The average molecular weight is 334 g/mol. The van der Waals surface area contributed by atoms with Gasteiger partial charge in [0.25, 0.3) is 0 Å². The topological polar surface area (TPSA) is 66.8 Å². The Morgan fingerprint density at radius 1 is 1.30 bits per heavy atom. The maximum absolute atomic E-state index is 10.7. The fourth-order valence-corrected chi connectivity index (χ4v) is 3.90. The molecule has 0 saturated heterocycles. The molecule has 0 aliphatic heterocycles. The van der Waals surface area contributed by atoms with E-state index in [1.54, 1.807) is 0 Å². The number of thiazole rings is 1. The maximum atomic E-state index is 10.7. The first-order valence-corrected chi connectivity index (χ1v) is 8.78. The van der Waals surface area contributed by atoms with Gasteiger partial charge in [-0.3, -0.25) is 4.90 Å². The van der Waals surface area contributed by atoms with Crippen LogP contribution in [0.3, 0.4) is 0 Å². The third-order valence-electron chi connectivity index (χ3n) is 4.02. The van der Waals surface area contributed by atoms with E-state index in [1.807, 2.05) is 26.0 Å². The number of fused-ring (bicyclic) bond motifs is 1. The van der Waals surface area contributed by atoms with Crippen molar-refractivity contribution in [3.05, 3.63) is 34.4 Å². The summed E-state index contributed by atoms with van der Waals surface area (Å²) in [6, 6.07) is 3.80. The lowest BCUT2D eigenvalue weighted by Gasteiger charge is -2.27. The average Bonchev–Trinajstić information content (AvgIpc) is 3.22. The van der Waals surface area contributed by atoms with Gasteiger partial charge in [0.05, 0.1) is 4.88 Å². The van der Waals surface area contributed by atoms with Crippen molar-refractivity contribution >= 4 is 16.3 Å². The molecular weight excluding hydrogens is 312 g/mol. The van der Waals surface area contributed by atoms with Crippen LogP contribution in [0.4, 0.5) is 0 Å². The SMILES string of the molecule is CCc1nc2sc(C(c3ccc(C)o3)N(CC)CC)c(O)n2n1. The van der Waals surface area contributed by atoms with Gasteiger partial charge in [-0.15, -0.1) is 5.10 Å². The zero-order chi connectivity index (χ0) is 16.6. The van der Waals surface area contributed by atoms with E-state index in [4.69, 9.17) is 4.42 Å². The summed E-state index contributed by atoms with van der Waals surface area (Å²) in [6.45, 7) is 9.86. The molecule has 0 fully saturated rings. The van der Waals surface area contributed by atoms with Crippen LogP contribution in [0, 0.1) is 6.92 Å². The van der Waals surface area contributed by atoms with Crippen LogP contribution < -0.4 is 0 Å². The fourth-order valence-electron chi connectivity index (χ4n) is 2.78. The molecule has 23 heavy (non-hydrogen) atoms. The molecule has 3 aromatic rings. The number of hydrogen-bond donors (Lipinski definition) is 1. The summed E-state index contributed by atoms with van der Waals surface area (Å²) in [5, 5.41) is 15.0. The van der Waals surface area contributed by atoms with E-state index in [0.717, 1.165) is 46.7 Å². The first kappa shape index (κ1) is 16.0. The van der Waals surface area contributed by atoms with Crippen LogP contribution in [0.25, 0.3) is 4.96 Å². The van der Waals surface area contributed by atoms with E-state index in [2.05, 4.69) is 28.8 Å². The molecule has 0 saturated carbocycles. The van der Waals surface area contributed by atoms with Crippen LogP contribution in [-0.4, -0.2) is 37.7 Å². The highest BCUT2D eigenvalue weighted by molar-refractivity contribution is 7.17. The van der Waals surface area contributed by atoms with Gasteiger partial charge in [-0.05, 0) is 32.1 Å². The first-order valence-electron chi connectivity index (χ1n) is 7.96. The molecule has 6 nitrogen and oxygen atoms in total. The fraction of sp³-hybridized carbons (Fsp3) is 0.500. The molecule has 1 unspecified atom stereocenters. The smallest absolute Gasteiger partial charge is 0.230 e. The maximum Gasteiger partial charge on any atom is 0.230 e. The second kappa shape index (κ2) is 6.33. The first-order chi connectivity index (χ1) is 11.1. The lowest BCUT2D eigenvalue weighted by atomic mass is 10.1. The lowest BCUT2D eigenvalue weighted by molar-refractivity contribution is 0.220. The summed E-state index contributed by atoms with van der Waals surface area (Å²) in [4.78, 5) is 8.26. The summed E-state index contributed by atoms with van der Waals surface area (Å²) < 4.78 is 7.39. The van der Waals surface area contributed by atoms with Gasteiger partial charge in [0, 0.05) is 6.42 Å². The van der Waals surface area contributed by atoms with E-state index in [1.165, 1.54) is 15.9 Å². The van der Waals surface area contributed by atoms with Crippen LogP contribution in [-0.2, 0) is 6.42 Å². The molecule has 0 radical (unpaired) electrons. The Labute approximate surface area is 139 Å². The number of nitrogens with zero attached hydrogens (tertiary/aromatic N) is 4. The van der Waals surface area contributed by atoms with Crippen LogP contribution in [0.5, 0.6) is 5.88 Å². The Balaban J connectivity index is 2.12. The van der Waals surface area contributed by atoms with Gasteiger partial charge in [0.15, 0.2) is 5.82 Å². The molecule has 0 amide bonds. The van der Waals surface area contributed by atoms with Crippen molar-refractivity contribution in [2.75, 3.05) is 13.1 Å². The van der Waals surface area contributed by atoms with Crippen molar-refractivity contribution in [2.45, 2.75) is 40.2 Å². The van der Waals surface area contributed by atoms with Crippen LogP contribution in [0.15, 0.2) is 16.5 Å². The number of furan rings is 1. The quantitative estimate of drug-likeness (QED) is 0.748. The van der Waals surface area contributed by atoms with E-state index in [0.29, 0.717) is 0 Å². The molecule has 1 atom stereocenters. The Bertz CT molecular complexity index is 800. The number of hydrogen-bond acceptors (Lipinski definition) is 6. The standard InChI is InChI=1S/C16H22N4O2S/c1-5-12-17-16-20(18-12)15(21)14(23-16)13(19(6-2)7-3)11-9-8-10(4)22-11/h8-9,13,21H,5-7H2,1-4H3. The Hall–Kier alpha value is -1.86. The van der Waals surface area contributed by atoms with Crippen LogP contribution >= 0.6 is 11.3 Å². The Morgan fingerprint density at radius 3 is 2.57 bits per heavy atom. The summed E-state index contributed by atoms with van der Waals surface area (Å²) >= 11 is 1.47. The van der Waals surface area contributed by atoms with Crippen molar-refractivity contribution in [1.29, 1.82) is 0 Å². The van der Waals surface area contributed by atoms with Crippen LogP contribution in [0.2, 0.25) is 0 Å². The minimum Gasteiger partial charge on any atom is -0.492 e. The predicted molar refractivity (Wildman–Crippen MR) is 90.1 cm³/mol. The zero-order valence-corrected chi connectivity index (χ0v) is 14.7. The van der Waals surface area contributed by atoms with Crippen molar-refractivity contribution in [3.8, 4) is 5.88 Å². The molecule has 0 bridgehead atoms. The van der Waals surface area contributed by atoms with Crippen LogP contribution in [0.1, 0.15) is 49.0 Å². The predicted octanol–water partition coefficient (Wildman–Crippen LogP) is 3.39. The molecule has 0 aromatic carbocycles. The summed E-state index contributed by atoms with van der Waals surface area (Å²) in [7, 11) is 0. The summed E-state index contributed by atoms with van der Waals surface area (Å²) in [5.74, 6) is 2.60. The molecule has 3 rings (SSSR count). The van der Waals surface area contributed by atoms with Crippen molar-refractivity contribution < 1.29 is 9.52 Å². The second-order valence-corrected chi connectivity index (χ2v) is 6.45. The molecular formula is C16H22N4O2S. The Morgan fingerprint density at radius 2 is 2.04 bits per heavy atom. The number of aromatic hydroxyl groups is 1. The highest BCUT2D eigenvalue weighted by Crippen LogP contribution is 2.40. The van der Waals surface area contributed by atoms with Gasteiger partial charge >= 0.3 is 0 Å². The van der Waals surface area contributed by atoms with E-state index in [9.17, 15) is 5.11 Å².